The molecule has 0 heterocycles. The van der Waals surface area contributed by atoms with Crippen LogP contribution in [0.15, 0.2) is 30.3 Å². The Morgan fingerprint density at radius 1 is 1.14 bits per heavy atom. The minimum atomic E-state index is -4.78. The summed E-state index contributed by atoms with van der Waals surface area (Å²) < 4.78 is 76.5. The van der Waals surface area contributed by atoms with E-state index in [1.54, 1.807) is 6.07 Å². The van der Waals surface area contributed by atoms with Crippen LogP contribution in [-0.4, -0.2) is 16.1 Å². The van der Waals surface area contributed by atoms with E-state index in [1.165, 1.54) is 0 Å². The quantitative estimate of drug-likeness (QED) is 0.744. The van der Waals surface area contributed by atoms with Gasteiger partial charge < -0.3 is 14.9 Å². The minimum absolute atomic E-state index is 0.0834. The van der Waals surface area contributed by atoms with E-state index < -0.39 is 58.9 Å². The number of hydrogen-bond acceptors (Lipinski definition) is 4. The molecule has 0 saturated carbocycles. The molecule has 2 aliphatic carbocycles. The summed E-state index contributed by atoms with van der Waals surface area (Å²) in [7, 11) is 0. The molecule has 2 aromatic rings. The molecule has 2 aliphatic rings. The number of aliphatic hydroxyl groups excluding tert-OH is 1. The molecule has 2 unspecified atom stereocenters. The lowest BCUT2D eigenvalue weighted by Gasteiger charge is -2.37. The molecule has 4 rings (SSSR count). The van der Waals surface area contributed by atoms with E-state index in [0.717, 1.165) is 24.3 Å². The number of benzene rings is 2. The number of nitrogens with zero attached hydrogens (tertiary/aromatic N) is 1. The normalized spacial score (nSPS) is 26.4. The van der Waals surface area contributed by atoms with Gasteiger partial charge in [-0.1, -0.05) is 0 Å². The smallest absolute Gasteiger partial charge is 0.346 e. The average molecular weight is 397 g/mol. The maximum atomic E-state index is 14.4. The first kappa shape index (κ1) is 18.7. The van der Waals surface area contributed by atoms with Crippen LogP contribution in [0.2, 0.25) is 0 Å². The fourth-order valence-electron chi connectivity index (χ4n) is 3.90. The van der Waals surface area contributed by atoms with Gasteiger partial charge >= 0.3 is 11.8 Å². The van der Waals surface area contributed by atoms with E-state index in [4.69, 9.17) is 10.00 Å². The van der Waals surface area contributed by atoms with Crippen LogP contribution in [-0.2, 0) is 11.5 Å². The van der Waals surface area contributed by atoms with Gasteiger partial charge in [-0.2, -0.15) is 22.8 Å². The van der Waals surface area contributed by atoms with Gasteiger partial charge in [0.2, 0.25) is 0 Å². The number of alkyl halides is 4. The number of aliphatic hydroxyl groups is 2. The van der Waals surface area contributed by atoms with E-state index in [-0.39, 0.29) is 17.1 Å². The van der Waals surface area contributed by atoms with Crippen LogP contribution in [0.1, 0.15) is 41.2 Å². The monoisotopic (exact) mass is 397 g/mol. The molecule has 4 nitrogen and oxygen atoms in total. The summed E-state index contributed by atoms with van der Waals surface area (Å²) in [4.78, 5) is 0. The third-order valence-electron chi connectivity index (χ3n) is 5.21. The van der Waals surface area contributed by atoms with Crippen LogP contribution >= 0.6 is 0 Å². The van der Waals surface area contributed by atoms with Crippen LogP contribution in [0, 0.1) is 17.1 Å². The van der Waals surface area contributed by atoms with E-state index in [1.807, 2.05) is 0 Å². The van der Waals surface area contributed by atoms with Gasteiger partial charge in [0.15, 0.2) is 5.60 Å². The van der Waals surface area contributed by atoms with Crippen molar-refractivity contribution in [2.75, 3.05) is 0 Å². The molecular weight excluding hydrogens is 385 g/mol. The maximum absolute atomic E-state index is 14.4. The molecule has 0 amide bonds. The van der Waals surface area contributed by atoms with Crippen molar-refractivity contribution >= 4 is 0 Å². The highest BCUT2D eigenvalue weighted by atomic mass is 19.3. The molecule has 0 bridgehead atoms. The second kappa shape index (κ2) is 5.65. The van der Waals surface area contributed by atoms with Crippen molar-refractivity contribution in [2.24, 2.45) is 0 Å². The van der Waals surface area contributed by atoms with Crippen molar-refractivity contribution < 1.29 is 36.9 Å². The molecule has 0 saturated heterocycles. The molecule has 0 aliphatic heterocycles. The Balaban J connectivity index is 1.91. The second-order valence-electron chi connectivity index (χ2n) is 6.85. The standard InChI is InChI=1S/C19H12F5NO3/c20-10-5-9(8-25)6-11(7-10)28-14-2-1-12-16-15(14)13(26)3-4-17(16,27)19(23,24)18(12,21)22/h1-2,5-7,13,26-27H,3-4H2. The lowest BCUT2D eigenvalue weighted by Crippen LogP contribution is -2.50. The fourth-order valence-corrected chi connectivity index (χ4v) is 3.90. The van der Waals surface area contributed by atoms with Gasteiger partial charge in [0.1, 0.15) is 17.3 Å². The van der Waals surface area contributed by atoms with Crippen molar-refractivity contribution in [3.8, 4) is 17.6 Å². The summed E-state index contributed by atoms with van der Waals surface area (Å²) in [5.41, 5.74) is -5.50. The Morgan fingerprint density at radius 2 is 1.86 bits per heavy atom. The van der Waals surface area contributed by atoms with Crippen molar-refractivity contribution in [1.29, 1.82) is 5.26 Å². The average Bonchev–Trinajstić information content (AvgIpc) is 2.74. The van der Waals surface area contributed by atoms with Crippen LogP contribution in [0.5, 0.6) is 11.5 Å². The summed E-state index contributed by atoms with van der Waals surface area (Å²) in [6, 6.07) is 6.37. The predicted molar refractivity (Wildman–Crippen MR) is 84.6 cm³/mol. The fraction of sp³-hybridized carbons (Fsp3) is 0.316. The second-order valence-corrected chi connectivity index (χ2v) is 6.85. The largest absolute Gasteiger partial charge is 0.457 e. The molecule has 2 N–H and O–H groups in total. The Hall–Kier alpha value is -2.70. The molecule has 0 fully saturated rings. The highest BCUT2D eigenvalue weighted by Gasteiger charge is 2.77. The molecule has 2 aromatic carbocycles. The lowest BCUT2D eigenvalue weighted by atomic mass is 9.77. The van der Waals surface area contributed by atoms with E-state index in [2.05, 4.69) is 0 Å². The topological polar surface area (TPSA) is 73.5 Å². The molecule has 28 heavy (non-hydrogen) atoms. The van der Waals surface area contributed by atoms with Crippen LogP contribution in [0.4, 0.5) is 22.0 Å². The molecule has 0 radical (unpaired) electrons. The van der Waals surface area contributed by atoms with Crippen molar-refractivity contribution in [3.05, 3.63) is 58.4 Å². The first-order valence-corrected chi connectivity index (χ1v) is 8.25. The van der Waals surface area contributed by atoms with Crippen molar-refractivity contribution in [1.82, 2.24) is 0 Å². The summed E-state index contributed by atoms with van der Waals surface area (Å²) in [5.74, 6) is -10.7. The number of halogens is 5. The van der Waals surface area contributed by atoms with Gasteiger partial charge in [0, 0.05) is 22.8 Å². The van der Waals surface area contributed by atoms with E-state index >= 15 is 0 Å². The lowest BCUT2D eigenvalue weighted by molar-refractivity contribution is -0.290. The highest BCUT2D eigenvalue weighted by Crippen LogP contribution is 2.66. The maximum Gasteiger partial charge on any atom is 0.346 e. The number of nitriles is 1. The van der Waals surface area contributed by atoms with Gasteiger partial charge in [-0.05, 0) is 37.1 Å². The molecular formula is C19H12F5NO3. The number of ether oxygens (including phenoxy) is 1. The van der Waals surface area contributed by atoms with Gasteiger partial charge in [-0.3, -0.25) is 0 Å². The zero-order valence-electron chi connectivity index (χ0n) is 14.0. The van der Waals surface area contributed by atoms with E-state index in [9.17, 15) is 32.2 Å². The molecule has 0 aromatic heterocycles. The summed E-state index contributed by atoms with van der Waals surface area (Å²) in [5, 5.41) is 29.7. The SMILES string of the molecule is N#Cc1cc(F)cc(Oc2ccc3c4c2C(O)CCC4(O)C(F)(F)C3(F)F)c1. The highest BCUT2D eigenvalue weighted by molar-refractivity contribution is 5.58. The number of rotatable bonds is 2. The third kappa shape index (κ3) is 2.22. The van der Waals surface area contributed by atoms with Crippen LogP contribution in [0.3, 0.4) is 0 Å². The molecule has 146 valence electrons. The summed E-state index contributed by atoms with van der Waals surface area (Å²) in [6.07, 6.45) is -2.61. The van der Waals surface area contributed by atoms with Crippen LogP contribution in [0.25, 0.3) is 0 Å². The predicted octanol–water partition coefficient (Wildman–Crippen LogP) is 4.25. The minimum Gasteiger partial charge on any atom is -0.457 e. The molecule has 0 spiro atoms. The Morgan fingerprint density at radius 3 is 2.54 bits per heavy atom. The van der Waals surface area contributed by atoms with Gasteiger partial charge in [-0.15, -0.1) is 0 Å². The first-order valence-electron chi connectivity index (χ1n) is 8.25. The third-order valence-corrected chi connectivity index (χ3v) is 5.21. The Bertz CT molecular complexity index is 1030. The van der Waals surface area contributed by atoms with E-state index in [0.29, 0.717) is 6.07 Å². The number of hydrogen-bond donors (Lipinski definition) is 2. The Kier molecular flexibility index (Phi) is 3.77. The summed E-state index contributed by atoms with van der Waals surface area (Å²) >= 11 is 0. The van der Waals surface area contributed by atoms with Gasteiger partial charge in [-0.25, -0.2) is 4.39 Å². The zero-order valence-corrected chi connectivity index (χ0v) is 14.0. The molecule has 2 atom stereocenters. The van der Waals surface area contributed by atoms with Crippen molar-refractivity contribution in [2.45, 2.75) is 36.4 Å². The van der Waals surface area contributed by atoms with Gasteiger partial charge in [0.25, 0.3) is 0 Å². The molecule has 9 heteroatoms. The summed E-state index contributed by atoms with van der Waals surface area (Å²) in [6.45, 7) is 0. The van der Waals surface area contributed by atoms with Crippen molar-refractivity contribution in [3.63, 3.8) is 0 Å². The van der Waals surface area contributed by atoms with Crippen LogP contribution < -0.4 is 4.74 Å². The zero-order chi connectivity index (χ0) is 20.5. The Labute approximate surface area is 155 Å². The van der Waals surface area contributed by atoms with Gasteiger partial charge in [0.05, 0.1) is 17.7 Å². The first-order chi connectivity index (χ1) is 13.0.